The molecule has 0 saturated heterocycles. The number of rotatable bonds is 6. The molecule has 0 rings (SSSR count). The van der Waals surface area contributed by atoms with Crippen molar-refractivity contribution in [1.82, 2.24) is 10.3 Å². The summed E-state index contributed by atoms with van der Waals surface area (Å²) in [6.07, 6.45) is 1.86. The van der Waals surface area contributed by atoms with Gasteiger partial charge in [-0.25, -0.2) is 0 Å². The number of nitrogens with zero attached hydrogens (tertiary/aromatic N) is 1. The Morgan fingerprint density at radius 3 is 2.15 bits per heavy atom. The van der Waals surface area contributed by atoms with Crippen molar-refractivity contribution in [3.05, 3.63) is 12.7 Å². The number of likely N-dealkylation sites (N-methyl/N-ethyl adjacent to an activating group) is 1. The Balaban J connectivity index is 4.57. The number of nitrogens with one attached hydrogen (secondary N) is 1. The normalized spacial score (nSPS) is 14.6. The molecule has 1 unspecified atom stereocenters. The lowest BCUT2D eigenvalue weighted by atomic mass is 9.92. The summed E-state index contributed by atoms with van der Waals surface area (Å²) in [5, 5.41) is 0. The first-order chi connectivity index (χ1) is 6.04. The van der Waals surface area contributed by atoms with Gasteiger partial charge in [-0.2, -0.15) is 0 Å². The van der Waals surface area contributed by atoms with Crippen molar-refractivity contribution >= 4 is 0 Å². The van der Waals surface area contributed by atoms with Crippen molar-refractivity contribution in [2.75, 3.05) is 13.1 Å². The number of hydrazine groups is 1. The van der Waals surface area contributed by atoms with Crippen LogP contribution in [0.5, 0.6) is 0 Å². The molecule has 0 amide bonds. The van der Waals surface area contributed by atoms with Gasteiger partial charge in [-0.1, -0.05) is 19.9 Å². The van der Waals surface area contributed by atoms with Gasteiger partial charge in [0.25, 0.3) is 0 Å². The van der Waals surface area contributed by atoms with E-state index in [1.54, 1.807) is 0 Å². The van der Waals surface area contributed by atoms with E-state index in [0.29, 0.717) is 0 Å². The van der Waals surface area contributed by atoms with E-state index in [4.69, 9.17) is 5.84 Å². The fourth-order valence-corrected chi connectivity index (χ4v) is 1.80. The molecule has 0 heterocycles. The maximum absolute atomic E-state index is 5.47. The minimum absolute atomic E-state index is 0.0139. The Kier molecular flexibility index (Phi) is 5.21. The zero-order chi connectivity index (χ0) is 10.5. The van der Waals surface area contributed by atoms with Crippen LogP contribution >= 0.6 is 0 Å². The van der Waals surface area contributed by atoms with Gasteiger partial charge in [-0.15, -0.1) is 6.58 Å². The molecule has 0 aliphatic rings. The highest BCUT2D eigenvalue weighted by atomic mass is 15.3. The SMILES string of the molecule is C=CC(NN)C(C)(C)N(CC)CC. The predicted octanol–water partition coefficient (Wildman–Crippen LogP) is 1.12. The van der Waals surface area contributed by atoms with E-state index < -0.39 is 0 Å². The summed E-state index contributed by atoms with van der Waals surface area (Å²) in [5.41, 5.74) is 2.80. The molecule has 0 aliphatic heterocycles. The molecule has 0 saturated carbocycles. The summed E-state index contributed by atoms with van der Waals surface area (Å²) < 4.78 is 0. The molecular weight excluding hydrogens is 162 g/mol. The Bertz CT molecular complexity index is 150. The minimum Gasteiger partial charge on any atom is -0.297 e. The first kappa shape index (κ1) is 12.6. The van der Waals surface area contributed by atoms with Crippen LogP contribution in [0.2, 0.25) is 0 Å². The number of nitrogens with two attached hydrogens (primary N) is 1. The van der Waals surface area contributed by atoms with E-state index in [1.165, 1.54) is 0 Å². The molecular formula is C10H23N3. The Morgan fingerprint density at radius 2 is 1.92 bits per heavy atom. The molecule has 13 heavy (non-hydrogen) atoms. The van der Waals surface area contributed by atoms with E-state index in [2.05, 4.69) is 44.6 Å². The van der Waals surface area contributed by atoms with Crippen LogP contribution in [0.15, 0.2) is 12.7 Å². The number of hydrogen-bond acceptors (Lipinski definition) is 3. The monoisotopic (exact) mass is 185 g/mol. The van der Waals surface area contributed by atoms with Crippen LogP contribution in [0.3, 0.4) is 0 Å². The second-order valence-corrected chi connectivity index (χ2v) is 3.71. The highest BCUT2D eigenvalue weighted by Gasteiger charge is 2.31. The fraction of sp³-hybridized carbons (Fsp3) is 0.800. The van der Waals surface area contributed by atoms with E-state index in [1.807, 2.05) is 6.08 Å². The van der Waals surface area contributed by atoms with Gasteiger partial charge in [0.05, 0.1) is 6.04 Å². The van der Waals surface area contributed by atoms with Gasteiger partial charge in [-0.05, 0) is 26.9 Å². The summed E-state index contributed by atoms with van der Waals surface area (Å²) in [5.74, 6) is 5.47. The van der Waals surface area contributed by atoms with Crippen LogP contribution in [0.1, 0.15) is 27.7 Å². The van der Waals surface area contributed by atoms with Crippen LogP contribution in [-0.4, -0.2) is 29.6 Å². The molecule has 0 aliphatic carbocycles. The third-order valence-corrected chi connectivity index (χ3v) is 2.75. The van der Waals surface area contributed by atoms with Crippen LogP contribution in [0.25, 0.3) is 0 Å². The molecule has 0 aromatic rings. The van der Waals surface area contributed by atoms with Crippen molar-refractivity contribution < 1.29 is 0 Å². The van der Waals surface area contributed by atoms with Crippen molar-refractivity contribution in [3.8, 4) is 0 Å². The molecule has 1 atom stereocenters. The summed E-state index contributed by atoms with van der Waals surface area (Å²) in [4.78, 5) is 2.36. The van der Waals surface area contributed by atoms with Gasteiger partial charge >= 0.3 is 0 Å². The summed E-state index contributed by atoms with van der Waals surface area (Å²) in [7, 11) is 0. The lowest BCUT2D eigenvalue weighted by Crippen LogP contribution is -2.58. The zero-order valence-corrected chi connectivity index (χ0v) is 9.30. The Labute approximate surface area is 82.0 Å². The summed E-state index contributed by atoms with van der Waals surface area (Å²) in [6.45, 7) is 14.5. The van der Waals surface area contributed by atoms with Gasteiger partial charge < -0.3 is 0 Å². The van der Waals surface area contributed by atoms with Gasteiger partial charge in [0.15, 0.2) is 0 Å². The second-order valence-electron chi connectivity index (χ2n) is 3.71. The molecule has 78 valence electrons. The zero-order valence-electron chi connectivity index (χ0n) is 9.30. The van der Waals surface area contributed by atoms with E-state index in [-0.39, 0.29) is 11.6 Å². The van der Waals surface area contributed by atoms with E-state index in [0.717, 1.165) is 13.1 Å². The van der Waals surface area contributed by atoms with Crippen molar-refractivity contribution in [3.63, 3.8) is 0 Å². The Morgan fingerprint density at radius 1 is 1.46 bits per heavy atom. The molecule has 3 heteroatoms. The highest BCUT2D eigenvalue weighted by molar-refractivity contribution is 5.01. The average molecular weight is 185 g/mol. The van der Waals surface area contributed by atoms with Crippen molar-refractivity contribution in [1.29, 1.82) is 0 Å². The van der Waals surface area contributed by atoms with Crippen LogP contribution in [0.4, 0.5) is 0 Å². The quantitative estimate of drug-likeness (QED) is 0.370. The summed E-state index contributed by atoms with van der Waals surface area (Å²) >= 11 is 0. The minimum atomic E-state index is 0.0139. The highest BCUT2D eigenvalue weighted by Crippen LogP contribution is 2.18. The van der Waals surface area contributed by atoms with Crippen LogP contribution in [-0.2, 0) is 0 Å². The second kappa shape index (κ2) is 5.37. The summed E-state index contributed by atoms with van der Waals surface area (Å²) in [6, 6.07) is 0.118. The molecule has 3 N–H and O–H groups in total. The molecule has 0 bridgehead atoms. The maximum Gasteiger partial charge on any atom is 0.0566 e. The molecule has 0 radical (unpaired) electrons. The Hall–Kier alpha value is -0.380. The van der Waals surface area contributed by atoms with Gasteiger partial charge in [0.2, 0.25) is 0 Å². The van der Waals surface area contributed by atoms with Crippen molar-refractivity contribution in [2.24, 2.45) is 5.84 Å². The lowest BCUT2D eigenvalue weighted by molar-refractivity contribution is 0.108. The average Bonchev–Trinajstić information content (AvgIpc) is 2.07. The first-order valence-corrected chi connectivity index (χ1v) is 4.88. The molecule has 0 aromatic carbocycles. The molecule has 0 fully saturated rings. The van der Waals surface area contributed by atoms with Crippen LogP contribution in [0, 0.1) is 0 Å². The van der Waals surface area contributed by atoms with E-state index >= 15 is 0 Å². The molecule has 3 nitrogen and oxygen atoms in total. The van der Waals surface area contributed by atoms with Crippen molar-refractivity contribution in [2.45, 2.75) is 39.3 Å². The first-order valence-electron chi connectivity index (χ1n) is 4.88. The largest absolute Gasteiger partial charge is 0.297 e. The standard InChI is InChI=1S/C10H23N3/c1-6-9(12-11)10(4,5)13(7-2)8-3/h6,9,12H,1,7-8,11H2,2-5H3. The molecule has 0 spiro atoms. The topological polar surface area (TPSA) is 41.3 Å². The van der Waals surface area contributed by atoms with Crippen LogP contribution < -0.4 is 11.3 Å². The van der Waals surface area contributed by atoms with Gasteiger partial charge in [0.1, 0.15) is 0 Å². The fourth-order valence-electron chi connectivity index (χ4n) is 1.80. The smallest absolute Gasteiger partial charge is 0.0566 e. The predicted molar refractivity (Wildman–Crippen MR) is 58.3 cm³/mol. The lowest BCUT2D eigenvalue weighted by Gasteiger charge is -2.41. The number of hydrogen-bond donors (Lipinski definition) is 2. The maximum atomic E-state index is 5.47. The third-order valence-electron chi connectivity index (χ3n) is 2.75. The van der Waals surface area contributed by atoms with E-state index in [9.17, 15) is 0 Å². The van der Waals surface area contributed by atoms with Gasteiger partial charge in [-0.3, -0.25) is 16.2 Å². The van der Waals surface area contributed by atoms with Gasteiger partial charge in [0, 0.05) is 5.54 Å². The molecule has 0 aromatic heterocycles. The third kappa shape index (κ3) is 2.79.